The number of hydrogen-bond donors (Lipinski definition) is 4. The number of nitrogens with one attached hydrogen (secondary N) is 3. The Kier molecular flexibility index (Phi) is 6.41. The molecule has 0 radical (unpaired) electrons. The summed E-state index contributed by atoms with van der Waals surface area (Å²) in [7, 11) is -3.56. The number of benzene rings is 1. The van der Waals surface area contributed by atoms with Gasteiger partial charge in [-0.1, -0.05) is 6.42 Å². The maximum absolute atomic E-state index is 12.4. The molecular weight excluding hydrogens is 378 g/mol. The van der Waals surface area contributed by atoms with Crippen molar-refractivity contribution in [2.24, 2.45) is 0 Å². The highest BCUT2D eigenvalue weighted by molar-refractivity contribution is 7.89. The molecule has 1 fully saturated rings. The first-order chi connectivity index (χ1) is 13.5. The van der Waals surface area contributed by atoms with Crippen molar-refractivity contribution in [3.05, 3.63) is 36.0 Å². The summed E-state index contributed by atoms with van der Waals surface area (Å²) in [4.78, 5) is 8.18. The second kappa shape index (κ2) is 8.97. The molecule has 1 unspecified atom stereocenters. The molecule has 0 saturated carbocycles. The van der Waals surface area contributed by atoms with Gasteiger partial charge in [0.15, 0.2) is 0 Å². The Morgan fingerprint density at radius 1 is 1.29 bits per heavy atom. The lowest BCUT2D eigenvalue weighted by atomic mass is 10.0. The van der Waals surface area contributed by atoms with Gasteiger partial charge in [-0.25, -0.2) is 18.1 Å². The number of nitrogens with two attached hydrogens (primary N) is 1. The maximum atomic E-state index is 12.4. The summed E-state index contributed by atoms with van der Waals surface area (Å²) in [6.07, 6.45) is 5.56. The van der Waals surface area contributed by atoms with Crippen LogP contribution >= 0.6 is 0 Å². The Balaban J connectivity index is 1.58. The fourth-order valence-electron chi connectivity index (χ4n) is 3.01. The van der Waals surface area contributed by atoms with E-state index in [-0.39, 0.29) is 22.2 Å². The number of sulfonamides is 1. The maximum Gasteiger partial charge on any atom is 0.240 e. The zero-order valence-corrected chi connectivity index (χ0v) is 16.2. The number of hydrogen-bond acceptors (Lipinski definition) is 8. The molecule has 148 valence electrons. The molecule has 5 N–H and O–H groups in total. The van der Waals surface area contributed by atoms with E-state index in [1.54, 1.807) is 12.1 Å². The van der Waals surface area contributed by atoms with Crippen molar-refractivity contribution < 1.29 is 8.42 Å². The van der Waals surface area contributed by atoms with Gasteiger partial charge in [-0.05, 0) is 50.1 Å². The normalized spacial score (nSPS) is 17.0. The van der Waals surface area contributed by atoms with Gasteiger partial charge in [0.2, 0.25) is 16.0 Å². The smallest absolute Gasteiger partial charge is 0.240 e. The van der Waals surface area contributed by atoms with Gasteiger partial charge < -0.3 is 16.4 Å². The summed E-state index contributed by atoms with van der Waals surface area (Å²) >= 11 is 0. The molecule has 9 nitrogen and oxygen atoms in total. The Labute approximate surface area is 164 Å². The highest BCUT2D eigenvalue weighted by Gasteiger charge is 2.16. The van der Waals surface area contributed by atoms with E-state index < -0.39 is 10.0 Å². The molecule has 1 aliphatic heterocycles. The highest BCUT2D eigenvalue weighted by Crippen LogP contribution is 2.18. The van der Waals surface area contributed by atoms with Crippen LogP contribution in [-0.4, -0.2) is 37.5 Å². The van der Waals surface area contributed by atoms with Gasteiger partial charge in [-0.2, -0.15) is 10.2 Å². The summed E-state index contributed by atoms with van der Waals surface area (Å²) < 4.78 is 27.5. The second-order valence-corrected chi connectivity index (χ2v) is 8.35. The molecule has 0 spiro atoms. The molecule has 10 heteroatoms. The van der Waals surface area contributed by atoms with Crippen LogP contribution in [0.25, 0.3) is 0 Å². The van der Waals surface area contributed by atoms with Gasteiger partial charge in [0.1, 0.15) is 17.5 Å². The highest BCUT2D eigenvalue weighted by atomic mass is 32.2. The third kappa shape index (κ3) is 5.16. The molecule has 2 aromatic rings. The molecular formula is C18H23N7O2S. The average Bonchev–Trinajstić information content (AvgIpc) is 2.69. The molecule has 0 amide bonds. The van der Waals surface area contributed by atoms with Crippen LogP contribution < -0.4 is 21.1 Å². The van der Waals surface area contributed by atoms with Crippen LogP contribution in [0.2, 0.25) is 0 Å². The van der Waals surface area contributed by atoms with Crippen molar-refractivity contribution in [1.82, 2.24) is 20.0 Å². The van der Waals surface area contributed by atoms with E-state index in [1.807, 2.05) is 6.07 Å². The van der Waals surface area contributed by atoms with Crippen LogP contribution in [0.1, 0.15) is 31.2 Å². The fraction of sp³-hybridized carbons (Fsp3) is 0.389. The lowest BCUT2D eigenvalue weighted by Crippen LogP contribution is -2.37. The van der Waals surface area contributed by atoms with Crippen LogP contribution in [0.5, 0.6) is 0 Å². The lowest BCUT2D eigenvalue weighted by molar-refractivity contribution is 0.382. The summed E-state index contributed by atoms with van der Waals surface area (Å²) in [6.45, 7) is 1.40. The Morgan fingerprint density at radius 2 is 2.07 bits per heavy atom. The Hall–Kier alpha value is -2.74. The minimum absolute atomic E-state index is 0.0795. The SMILES string of the molecule is N#Cc1cnc(Nc2ccc(S(=O)(=O)NCCC3CCCCN3)cc2)nc1N. The van der Waals surface area contributed by atoms with E-state index >= 15 is 0 Å². The zero-order chi connectivity index (χ0) is 20.0. The molecule has 2 heterocycles. The van der Waals surface area contributed by atoms with E-state index in [0.29, 0.717) is 18.3 Å². The number of nitrogen functional groups attached to an aromatic ring is 1. The lowest BCUT2D eigenvalue weighted by Gasteiger charge is -2.23. The fourth-order valence-corrected chi connectivity index (χ4v) is 4.06. The number of anilines is 3. The van der Waals surface area contributed by atoms with Gasteiger partial charge in [0, 0.05) is 18.3 Å². The predicted molar refractivity (Wildman–Crippen MR) is 106 cm³/mol. The standard InChI is InChI=1S/C18H23N7O2S/c19-11-13-12-22-18(25-17(13)20)24-15-4-6-16(7-5-15)28(26,27)23-10-8-14-3-1-2-9-21-14/h4-7,12,14,21,23H,1-3,8-10H2,(H3,20,22,24,25). The Morgan fingerprint density at radius 3 is 2.71 bits per heavy atom. The van der Waals surface area contributed by atoms with E-state index in [9.17, 15) is 8.42 Å². The molecule has 0 bridgehead atoms. The summed E-state index contributed by atoms with van der Waals surface area (Å²) in [5.41, 5.74) is 6.46. The predicted octanol–water partition coefficient (Wildman–Crippen LogP) is 1.48. The molecule has 1 aromatic carbocycles. The van der Waals surface area contributed by atoms with E-state index in [1.165, 1.54) is 31.2 Å². The number of rotatable bonds is 7. The third-order valence-electron chi connectivity index (χ3n) is 4.56. The number of aromatic nitrogens is 2. The van der Waals surface area contributed by atoms with Gasteiger partial charge in [-0.3, -0.25) is 0 Å². The van der Waals surface area contributed by atoms with Crippen molar-refractivity contribution >= 4 is 27.5 Å². The average molecular weight is 401 g/mol. The number of nitrogens with zero attached hydrogens (tertiary/aromatic N) is 3. The van der Waals surface area contributed by atoms with Crippen LogP contribution in [0, 0.1) is 11.3 Å². The summed E-state index contributed by atoms with van der Waals surface area (Å²) in [6, 6.07) is 8.53. The van der Waals surface area contributed by atoms with Crippen molar-refractivity contribution in [3.8, 4) is 6.07 Å². The number of nitriles is 1. The van der Waals surface area contributed by atoms with Gasteiger partial charge >= 0.3 is 0 Å². The van der Waals surface area contributed by atoms with Crippen molar-refractivity contribution in [2.75, 3.05) is 24.1 Å². The summed E-state index contributed by atoms with van der Waals surface area (Å²) in [5, 5.41) is 15.2. The third-order valence-corrected chi connectivity index (χ3v) is 6.03. The molecule has 1 aliphatic rings. The number of piperidine rings is 1. The van der Waals surface area contributed by atoms with Crippen molar-refractivity contribution in [1.29, 1.82) is 5.26 Å². The van der Waals surface area contributed by atoms with E-state index in [0.717, 1.165) is 19.4 Å². The van der Waals surface area contributed by atoms with Gasteiger partial charge in [0.25, 0.3) is 0 Å². The molecule has 0 aliphatic carbocycles. The second-order valence-electron chi connectivity index (χ2n) is 6.59. The molecule has 1 saturated heterocycles. The van der Waals surface area contributed by atoms with Crippen LogP contribution in [0.3, 0.4) is 0 Å². The minimum atomic E-state index is -3.56. The zero-order valence-electron chi connectivity index (χ0n) is 15.4. The van der Waals surface area contributed by atoms with Crippen LogP contribution in [0.4, 0.5) is 17.5 Å². The van der Waals surface area contributed by atoms with E-state index in [2.05, 4.69) is 25.3 Å². The van der Waals surface area contributed by atoms with Gasteiger partial charge in [-0.15, -0.1) is 0 Å². The Bertz CT molecular complexity index is 949. The minimum Gasteiger partial charge on any atom is -0.382 e. The van der Waals surface area contributed by atoms with Crippen LogP contribution in [-0.2, 0) is 10.0 Å². The largest absolute Gasteiger partial charge is 0.382 e. The van der Waals surface area contributed by atoms with Gasteiger partial charge in [0.05, 0.1) is 11.1 Å². The molecule has 3 rings (SSSR count). The van der Waals surface area contributed by atoms with Crippen LogP contribution in [0.15, 0.2) is 35.4 Å². The summed E-state index contributed by atoms with van der Waals surface area (Å²) in [5.74, 6) is 0.307. The first-order valence-corrected chi connectivity index (χ1v) is 10.6. The first kappa shape index (κ1) is 20.0. The quantitative estimate of drug-likeness (QED) is 0.546. The monoisotopic (exact) mass is 401 g/mol. The van der Waals surface area contributed by atoms with Crippen molar-refractivity contribution in [2.45, 2.75) is 36.6 Å². The van der Waals surface area contributed by atoms with E-state index in [4.69, 9.17) is 11.0 Å². The molecule has 1 aromatic heterocycles. The molecule has 1 atom stereocenters. The van der Waals surface area contributed by atoms with Crippen molar-refractivity contribution in [3.63, 3.8) is 0 Å². The first-order valence-electron chi connectivity index (χ1n) is 9.11. The molecule has 28 heavy (non-hydrogen) atoms. The topological polar surface area (TPSA) is 146 Å².